The van der Waals surface area contributed by atoms with Crippen LogP contribution in [0.5, 0.6) is 0 Å². The van der Waals surface area contributed by atoms with Crippen LogP contribution in [0.2, 0.25) is 0 Å². The van der Waals surface area contributed by atoms with Crippen LogP contribution in [-0.4, -0.2) is 51.5 Å². The van der Waals surface area contributed by atoms with Crippen LogP contribution in [0.25, 0.3) is 5.82 Å². The topological polar surface area (TPSA) is 67.4 Å². The average molecular weight is 337 g/mol. The highest BCUT2D eigenvalue weighted by Gasteiger charge is 2.24. The number of carbonyl (C=O) groups excluding carboxylic acids is 1. The molecule has 1 amide bonds. The Morgan fingerprint density at radius 3 is 2.44 bits per heavy atom. The lowest BCUT2D eigenvalue weighted by molar-refractivity contribution is 0.0714. The molecule has 0 unspecified atom stereocenters. The molecule has 7 heteroatoms. The number of aryl methyl sites for hydroxylation is 1. The fourth-order valence-corrected chi connectivity index (χ4v) is 3.01. The van der Waals surface area contributed by atoms with Crippen LogP contribution in [0.1, 0.15) is 16.4 Å². The summed E-state index contributed by atoms with van der Waals surface area (Å²) in [6.07, 6.45) is 5.45. The van der Waals surface area contributed by atoms with E-state index in [0.717, 1.165) is 30.5 Å². The molecule has 4 heterocycles. The van der Waals surface area contributed by atoms with E-state index in [0.29, 0.717) is 18.8 Å². The highest BCUT2D eigenvalue weighted by molar-refractivity contribution is 5.91. The first-order valence-electron chi connectivity index (χ1n) is 8.27. The van der Waals surface area contributed by atoms with Gasteiger partial charge in [-0.25, -0.2) is 9.97 Å². The van der Waals surface area contributed by atoms with Crippen LogP contribution < -0.4 is 4.90 Å². The minimum atomic E-state index is -0.0588. The number of furan rings is 1. The number of amides is 1. The van der Waals surface area contributed by atoms with E-state index in [9.17, 15) is 4.79 Å². The highest BCUT2D eigenvalue weighted by Crippen LogP contribution is 2.18. The summed E-state index contributed by atoms with van der Waals surface area (Å²) in [5.41, 5.74) is 0. The standard InChI is InChI=1S/C18H19N5O2/c1-14-19-16(21-6-2-3-7-21)13-17(20-14)22-8-10-23(11-9-22)18(24)15-5-4-12-25-15/h2-7,12-13H,8-11H2,1H3. The molecule has 0 N–H and O–H groups in total. The number of hydrogen-bond acceptors (Lipinski definition) is 5. The van der Waals surface area contributed by atoms with Crippen molar-refractivity contribution >= 4 is 11.7 Å². The van der Waals surface area contributed by atoms with Gasteiger partial charge in [0.25, 0.3) is 5.91 Å². The largest absolute Gasteiger partial charge is 0.459 e. The van der Waals surface area contributed by atoms with Crippen molar-refractivity contribution < 1.29 is 9.21 Å². The van der Waals surface area contributed by atoms with Crippen molar-refractivity contribution in [2.75, 3.05) is 31.1 Å². The van der Waals surface area contributed by atoms with Crippen molar-refractivity contribution in [2.45, 2.75) is 6.92 Å². The third-order valence-electron chi connectivity index (χ3n) is 4.30. The lowest BCUT2D eigenvalue weighted by Gasteiger charge is -2.35. The lowest BCUT2D eigenvalue weighted by Crippen LogP contribution is -2.49. The molecule has 1 aliphatic heterocycles. The van der Waals surface area contributed by atoms with E-state index in [4.69, 9.17) is 4.42 Å². The zero-order valence-electron chi connectivity index (χ0n) is 14.0. The molecule has 0 bridgehead atoms. The summed E-state index contributed by atoms with van der Waals surface area (Å²) in [6.45, 7) is 4.64. The SMILES string of the molecule is Cc1nc(N2CCN(C(=O)c3ccco3)CC2)cc(-n2cccc2)n1. The zero-order chi connectivity index (χ0) is 17.2. The third-order valence-corrected chi connectivity index (χ3v) is 4.30. The maximum absolute atomic E-state index is 12.4. The smallest absolute Gasteiger partial charge is 0.289 e. The van der Waals surface area contributed by atoms with Crippen molar-refractivity contribution in [1.82, 2.24) is 19.4 Å². The summed E-state index contributed by atoms with van der Waals surface area (Å²) in [5.74, 6) is 2.80. The van der Waals surface area contributed by atoms with Crippen LogP contribution in [0.15, 0.2) is 53.4 Å². The number of piperazine rings is 1. The van der Waals surface area contributed by atoms with Gasteiger partial charge in [0.15, 0.2) is 5.76 Å². The predicted molar refractivity (Wildman–Crippen MR) is 92.9 cm³/mol. The Morgan fingerprint density at radius 1 is 1.04 bits per heavy atom. The van der Waals surface area contributed by atoms with Gasteiger partial charge in [0.2, 0.25) is 0 Å². The normalized spacial score (nSPS) is 14.8. The number of anilines is 1. The number of rotatable bonds is 3. The van der Waals surface area contributed by atoms with Gasteiger partial charge in [-0.1, -0.05) is 0 Å². The first kappa shape index (κ1) is 15.4. The van der Waals surface area contributed by atoms with Crippen molar-refractivity contribution in [3.63, 3.8) is 0 Å². The maximum Gasteiger partial charge on any atom is 0.289 e. The van der Waals surface area contributed by atoms with Crippen molar-refractivity contribution in [1.29, 1.82) is 0 Å². The molecule has 1 fully saturated rings. The highest BCUT2D eigenvalue weighted by atomic mass is 16.3. The first-order valence-corrected chi connectivity index (χ1v) is 8.27. The first-order chi connectivity index (χ1) is 12.2. The molecule has 0 radical (unpaired) electrons. The van der Waals surface area contributed by atoms with Gasteiger partial charge in [-0.2, -0.15) is 0 Å². The lowest BCUT2D eigenvalue weighted by atomic mass is 10.2. The molecule has 0 aliphatic carbocycles. The average Bonchev–Trinajstić information content (AvgIpc) is 3.34. The molecule has 4 rings (SSSR count). The van der Waals surface area contributed by atoms with Gasteiger partial charge >= 0.3 is 0 Å². The second-order valence-corrected chi connectivity index (χ2v) is 5.98. The van der Waals surface area contributed by atoms with Gasteiger partial charge in [-0.3, -0.25) is 4.79 Å². The Labute approximate surface area is 145 Å². The molecule has 0 aromatic carbocycles. The summed E-state index contributed by atoms with van der Waals surface area (Å²) in [5, 5.41) is 0. The summed E-state index contributed by atoms with van der Waals surface area (Å²) >= 11 is 0. The van der Waals surface area contributed by atoms with Crippen molar-refractivity contribution in [2.24, 2.45) is 0 Å². The van der Waals surface area contributed by atoms with Crippen LogP contribution in [-0.2, 0) is 0 Å². The molecule has 0 saturated carbocycles. The van der Waals surface area contributed by atoms with Crippen LogP contribution in [0.3, 0.4) is 0 Å². The Hall–Kier alpha value is -3.09. The summed E-state index contributed by atoms with van der Waals surface area (Å²) in [6, 6.07) is 9.35. The quantitative estimate of drug-likeness (QED) is 0.732. The molecule has 128 valence electrons. The van der Waals surface area contributed by atoms with Crippen LogP contribution in [0, 0.1) is 6.92 Å². The summed E-state index contributed by atoms with van der Waals surface area (Å²) in [7, 11) is 0. The Morgan fingerprint density at radius 2 is 1.76 bits per heavy atom. The molecule has 3 aromatic rings. The van der Waals surface area contributed by atoms with E-state index in [1.165, 1.54) is 6.26 Å². The van der Waals surface area contributed by atoms with Gasteiger partial charge in [0.1, 0.15) is 17.5 Å². The van der Waals surface area contributed by atoms with Crippen molar-refractivity contribution in [3.05, 3.63) is 60.6 Å². The fourth-order valence-electron chi connectivity index (χ4n) is 3.01. The number of hydrogen-bond donors (Lipinski definition) is 0. The molecule has 3 aromatic heterocycles. The van der Waals surface area contributed by atoms with Gasteiger partial charge in [-0.15, -0.1) is 0 Å². The molecule has 0 atom stereocenters. The molecule has 1 saturated heterocycles. The Balaban J connectivity index is 1.48. The van der Waals surface area contributed by atoms with E-state index in [1.54, 1.807) is 12.1 Å². The van der Waals surface area contributed by atoms with E-state index in [1.807, 2.05) is 47.0 Å². The Bertz CT molecular complexity index is 850. The second kappa shape index (κ2) is 6.43. The van der Waals surface area contributed by atoms with E-state index >= 15 is 0 Å². The maximum atomic E-state index is 12.4. The Kier molecular flexibility index (Phi) is 3.97. The molecular formula is C18H19N5O2. The fraction of sp³-hybridized carbons (Fsp3) is 0.278. The van der Waals surface area contributed by atoms with Gasteiger partial charge in [0.05, 0.1) is 6.26 Å². The zero-order valence-corrected chi connectivity index (χ0v) is 14.0. The van der Waals surface area contributed by atoms with Gasteiger partial charge in [-0.05, 0) is 31.2 Å². The molecular weight excluding hydrogens is 318 g/mol. The number of nitrogens with zero attached hydrogens (tertiary/aromatic N) is 5. The van der Waals surface area contributed by atoms with Crippen LogP contribution >= 0.6 is 0 Å². The molecule has 1 aliphatic rings. The summed E-state index contributed by atoms with van der Waals surface area (Å²) in [4.78, 5) is 25.4. The van der Waals surface area contributed by atoms with E-state index < -0.39 is 0 Å². The van der Waals surface area contributed by atoms with Crippen molar-refractivity contribution in [3.8, 4) is 5.82 Å². The summed E-state index contributed by atoms with van der Waals surface area (Å²) < 4.78 is 7.17. The molecule has 25 heavy (non-hydrogen) atoms. The molecule has 0 spiro atoms. The molecule has 7 nitrogen and oxygen atoms in total. The minimum absolute atomic E-state index is 0.0588. The number of aromatic nitrogens is 3. The van der Waals surface area contributed by atoms with E-state index in [2.05, 4.69) is 14.9 Å². The third kappa shape index (κ3) is 3.13. The minimum Gasteiger partial charge on any atom is -0.459 e. The van der Waals surface area contributed by atoms with Gasteiger partial charge in [0, 0.05) is 44.6 Å². The monoisotopic (exact) mass is 337 g/mol. The number of carbonyl (C=O) groups is 1. The second-order valence-electron chi connectivity index (χ2n) is 5.98. The van der Waals surface area contributed by atoms with Gasteiger partial charge < -0.3 is 18.8 Å². The van der Waals surface area contributed by atoms with Crippen LogP contribution in [0.4, 0.5) is 5.82 Å². The van der Waals surface area contributed by atoms with E-state index in [-0.39, 0.29) is 5.91 Å². The predicted octanol–water partition coefficient (Wildman–Crippen LogP) is 2.13.